The molecule has 0 heterocycles. The third-order valence-corrected chi connectivity index (χ3v) is 7.55. The van der Waals surface area contributed by atoms with Gasteiger partial charge in [0, 0.05) is 0 Å². The first-order valence-corrected chi connectivity index (χ1v) is 16.6. The Hall–Kier alpha value is -0.690. The Morgan fingerprint density at radius 1 is 0.526 bits per heavy atom. The first kappa shape index (κ1) is 39.5. The Balaban J connectivity index is 0. The molecule has 0 rings (SSSR count). The van der Waals surface area contributed by atoms with Gasteiger partial charge in [-0.1, -0.05) is 111 Å². The predicted molar refractivity (Wildman–Crippen MR) is 168 cm³/mol. The first-order valence-electron chi connectivity index (χ1n) is 16.6. The lowest BCUT2D eigenvalue weighted by Gasteiger charge is -2.30. The average Bonchev–Trinajstić information content (AvgIpc) is 2.92. The van der Waals surface area contributed by atoms with Crippen LogP contribution in [0.25, 0.3) is 0 Å². The number of hydrogen-bond acceptors (Lipinski definition) is 5. The molecule has 230 valence electrons. The number of carboxylic acid groups (broad SMARTS) is 1. The number of nitrogens with two attached hydrogens (primary N) is 2. The largest absolute Gasteiger partial charge is 0.481 e. The quantitative estimate of drug-likeness (QED) is 0.0630. The van der Waals surface area contributed by atoms with E-state index in [1.165, 1.54) is 83.5 Å². The van der Waals surface area contributed by atoms with Gasteiger partial charge in [0.1, 0.15) is 0 Å². The van der Waals surface area contributed by atoms with Crippen molar-refractivity contribution in [2.24, 2.45) is 16.9 Å². The number of hydrogen-bond donors (Lipinski definition) is 5. The summed E-state index contributed by atoms with van der Waals surface area (Å²) in [7, 11) is 0. The molecule has 0 saturated carbocycles. The SMILES string of the molecule is CCCCCCCCC(CCCCCC)(CCCCCC)C(=O)O.NCCCNCCCCNCCCN. The third kappa shape index (κ3) is 26.9. The second kappa shape index (κ2) is 32.5. The van der Waals surface area contributed by atoms with E-state index in [0.717, 1.165) is 90.6 Å². The normalized spacial score (nSPS) is 11.4. The van der Waals surface area contributed by atoms with Gasteiger partial charge >= 0.3 is 5.97 Å². The van der Waals surface area contributed by atoms with Crippen LogP contribution in [0.5, 0.6) is 0 Å². The van der Waals surface area contributed by atoms with Crippen molar-refractivity contribution in [3.05, 3.63) is 0 Å². The Labute approximate surface area is 238 Å². The fraction of sp³-hybridized carbons (Fsp3) is 0.969. The third-order valence-electron chi connectivity index (χ3n) is 7.55. The molecule has 0 spiro atoms. The first-order chi connectivity index (χ1) is 18.5. The van der Waals surface area contributed by atoms with E-state index in [1.54, 1.807) is 0 Å². The zero-order valence-corrected chi connectivity index (χ0v) is 26.1. The molecule has 0 aliphatic rings. The smallest absolute Gasteiger partial charge is 0.309 e. The number of carboxylic acids is 1. The highest BCUT2D eigenvalue weighted by Gasteiger charge is 2.36. The van der Waals surface area contributed by atoms with Crippen molar-refractivity contribution < 1.29 is 9.90 Å². The molecule has 0 atom stereocenters. The minimum absolute atomic E-state index is 0.438. The van der Waals surface area contributed by atoms with Gasteiger partial charge in [-0.05, 0) is 84.2 Å². The van der Waals surface area contributed by atoms with E-state index in [-0.39, 0.29) is 0 Å². The van der Waals surface area contributed by atoms with Crippen molar-refractivity contribution in [1.29, 1.82) is 0 Å². The fourth-order valence-electron chi connectivity index (χ4n) is 4.92. The molecule has 0 radical (unpaired) electrons. The molecule has 0 unspecified atom stereocenters. The van der Waals surface area contributed by atoms with Crippen molar-refractivity contribution >= 4 is 5.97 Å². The highest BCUT2D eigenvalue weighted by atomic mass is 16.4. The van der Waals surface area contributed by atoms with Crippen LogP contribution >= 0.6 is 0 Å². The number of nitrogens with one attached hydrogen (secondary N) is 2. The Morgan fingerprint density at radius 3 is 1.18 bits per heavy atom. The summed E-state index contributed by atoms with van der Waals surface area (Å²) in [6.07, 6.45) is 24.2. The van der Waals surface area contributed by atoms with E-state index in [1.807, 2.05) is 0 Å². The highest BCUT2D eigenvalue weighted by Crippen LogP contribution is 2.37. The lowest BCUT2D eigenvalue weighted by Crippen LogP contribution is -2.31. The average molecular weight is 543 g/mol. The maximum atomic E-state index is 12.1. The molecule has 0 bridgehead atoms. The van der Waals surface area contributed by atoms with Gasteiger partial charge in [-0.3, -0.25) is 4.79 Å². The Bertz CT molecular complexity index is 439. The standard InChI is InChI=1S/C22H44O2.C10H26N4/c1-4-7-10-13-14-17-20-22(21(23)24,18-15-11-8-5-2)19-16-12-9-6-3;11-5-3-9-13-7-1-2-8-14-10-4-6-12/h4-20H2,1-3H3,(H,23,24);13-14H,1-12H2. The van der Waals surface area contributed by atoms with Crippen LogP contribution in [0.3, 0.4) is 0 Å². The van der Waals surface area contributed by atoms with E-state index >= 15 is 0 Å². The van der Waals surface area contributed by atoms with Crippen molar-refractivity contribution in [3.63, 3.8) is 0 Å². The van der Waals surface area contributed by atoms with Gasteiger partial charge in [0.05, 0.1) is 5.41 Å². The molecule has 0 aromatic carbocycles. The van der Waals surface area contributed by atoms with Crippen LogP contribution in [-0.4, -0.2) is 50.3 Å². The van der Waals surface area contributed by atoms with Gasteiger partial charge in [0.2, 0.25) is 0 Å². The van der Waals surface area contributed by atoms with Gasteiger partial charge in [-0.15, -0.1) is 0 Å². The predicted octanol–water partition coefficient (Wildman–Crippen LogP) is 7.39. The van der Waals surface area contributed by atoms with Crippen molar-refractivity contribution in [2.45, 2.75) is 156 Å². The Morgan fingerprint density at radius 2 is 0.842 bits per heavy atom. The van der Waals surface area contributed by atoms with Gasteiger partial charge in [0.15, 0.2) is 0 Å². The topological polar surface area (TPSA) is 113 Å². The molecular formula is C32H70N4O2. The van der Waals surface area contributed by atoms with Crippen LogP contribution in [0.1, 0.15) is 156 Å². The van der Waals surface area contributed by atoms with Crippen LogP contribution in [0, 0.1) is 5.41 Å². The van der Waals surface area contributed by atoms with Gasteiger partial charge < -0.3 is 27.2 Å². The van der Waals surface area contributed by atoms with Crippen molar-refractivity contribution in [2.75, 3.05) is 39.3 Å². The number of aliphatic carboxylic acids is 1. The van der Waals surface area contributed by atoms with Crippen LogP contribution < -0.4 is 22.1 Å². The fourth-order valence-corrected chi connectivity index (χ4v) is 4.92. The van der Waals surface area contributed by atoms with E-state index in [4.69, 9.17) is 11.5 Å². The summed E-state index contributed by atoms with van der Waals surface area (Å²) in [5.41, 5.74) is 10.3. The highest BCUT2D eigenvalue weighted by molar-refractivity contribution is 5.74. The molecule has 0 aromatic rings. The van der Waals surface area contributed by atoms with Gasteiger partial charge in [-0.25, -0.2) is 0 Å². The van der Waals surface area contributed by atoms with Crippen LogP contribution in [0.2, 0.25) is 0 Å². The summed E-state index contributed by atoms with van der Waals surface area (Å²) in [5.74, 6) is -0.524. The molecule has 6 heteroatoms. The van der Waals surface area contributed by atoms with Crippen LogP contribution in [0.15, 0.2) is 0 Å². The van der Waals surface area contributed by atoms with Crippen molar-refractivity contribution in [1.82, 2.24) is 10.6 Å². The summed E-state index contributed by atoms with van der Waals surface area (Å²) in [6.45, 7) is 12.6. The van der Waals surface area contributed by atoms with E-state index in [0.29, 0.717) is 0 Å². The summed E-state index contributed by atoms with van der Waals surface area (Å²) in [4.78, 5) is 12.1. The number of unbranched alkanes of at least 4 members (excludes halogenated alkanes) is 12. The van der Waals surface area contributed by atoms with Crippen LogP contribution in [0.4, 0.5) is 0 Å². The molecule has 38 heavy (non-hydrogen) atoms. The van der Waals surface area contributed by atoms with Crippen LogP contribution in [-0.2, 0) is 4.79 Å². The van der Waals surface area contributed by atoms with Crippen molar-refractivity contribution in [3.8, 4) is 0 Å². The zero-order valence-electron chi connectivity index (χ0n) is 26.1. The molecule has 0 aliphatic carbocycles. The molecule has 0 fully saturated rings. The summed E-state index contributed by atoms with van der Waals surface area (Å²) in [6, 6.07) is 0. The minimum Gasteiger partial charge on any atom is -0.481 e. The lowest BCUT2D eigenvalue weighted by molar-refractivity contribution is -0.150. The zero-order chi connectivity index (χ0) is 28.6. The lowest BCUT2D eigenvalue weighted by atomic mass is 9.74. The summed E-state index contributed by atoms with van der Waals surface area (Å²) < 4.78 is 0. The molecule has 0 amide bonds. The number of carbonyl (C=O) groups is 1. The molecule has 0 saturated heterocycles. The molecule has 7 N–H and O–H groups in total. The molecule has 0 aliphatic heterocycles. The molecule has 0 aromatic heterocycles. The Kier molecular flexibility index (Phi) is 33.8. The summed E-state index contributed by atoms with van der Waals surface area (Å²) in [5, 5.41) is 16.7. The maximum Gasteiger partial charge on any atom is 0.309 e. The second-order valence-corrected chi connectivity index (χ2v) is 11.2. The van der Waals surface area contributed by atoms with Gasteiger partial charge in [-0.2, -0.15) is 0 Å². The molecule has 6 nitrogen and oxygen atoms in total. The minimum atomic E-state index is -0.524. The maximum absolute atomic E-state index is 12.1. The summed E-state index contributed by atoms with van der Waals surface area (Å²) >= 11 is 0. The van der Waals surface area contributed by atoms with E-state index in [2.05, 4.69) is 31.4 Å². The monoisotopic (exact) mass is 543 g/mol. The number of rotatable bonds is 29. The molecular weight excluding hydrogens is 472 g/mol. The second-order valence-electron chi connectivity index (χ2n) is 11.2. The van der Waals surface area contributed by atoms with E-state index < -0.39 is 11.4 Å². The van der Waals surface area contributed by atoms with E-state index in [9.17, 15) is 9.90 Å². The van der Waals surface area contributed by atoms with Gasteiger partial charge in [0.25, 0.3) is 0 Å².